The van der Waals surface area contributed by atoms with Gasteiger partial charge in [-0.15, -0.1) is 4.73 Å². The maximum absolute atomic E-state index is 12.1. The maximum atomic E-state index is 12.1. The second kappa shape index (κ2) is 6.98. The van der Waals surface area contributed by atoms with Gasteiger partial charge < -0.3 is 15.7 Å². The highest BCUT2D eigenvalue weighted by Crippen LogP contribution is 2.26. The SMILES string of the molecule is Cc1cc(CC(C)CC(C)(C)C)n(O)c(=O)c1OCCN. The third-order valence-electron chi connectivity index (χ3n) is 3.28. The molecule has 0 fully saturated rings. The van der Waals surface area contributed by atoms with E-state index in [9.17, 15) is 10.0 Å². The number of nitrogens with two attached hydrogens (primary N) is 1. The molecule has 0 bridgehead atoms. The number of pyridine rings is 1. The number of hydrogen-bond donors (Lipinski definition) is 2. The standard InChI is InChI=1S/C16H28N2O3/c1-11(10-16(3,4)5)8-13-9-12(2)14(21-7-6-17)15(19)18(13)20/h9,11,20H,6-8,10,17H2,1-5H3. The molecule has 0 saturated heterocycles. The fraction of sp³-hybridized carbons (Fsp3) is 0.688. The Morgan fingerprint density at radius 1 is 1.43 bits per heavy atom. The predicted molar refractivity (Wildman–Crippen MR) is 84.1 cm³/mol. The summed E-state index contributed by atoms with van der Waals surface area (Å²) in [5.74, 6) is 0.549. The predicted octanol–water partition coefficient (Wildman–Crippen LogP) is 2.35. The molecule has 1 unspecified atom stereocenters. The molecule has 1 rings (SSSR count). The summed E-state index contributed by atoms with van der Waals surface area (Å²) in [5.41, 5.74) is 6.43. The molecule has 5 nitrogen and oxygen atoms in total. The summed E-state index contributed by atoms with van der Waals surface area (Å²) < 4.78 is 6.03. The lowest BCUT2D eigenvalue weighted by Gasteiger charge is -2.23. The lowest BCUT2D eigenvalue weighted by molar-refractivity contribution is 0.154. The highest BCUT2D eigenvalue weighted by Gasteiger charge is 2.19. The maximum Gasteiger partial charge on any atom is 0.325 e. The van der Waals surface area contributed by atoms with Crippen LogP contribution in [0.5, 0.6) is 5.75 Å². The first-order chi connectivity index (χ1) is 9.65. The van der Waals surface area contributed by atoms with E-state index in [4.69, 9.17) is 10.5 Å². The van der Waals surface area contributed by atoms with Crippen LogP contribution in [0.25, 0.3) is 0 Å². The van der Waals surface area contributed by atoms with Crippen LogP contribution >= 0.6 is 0 Å². The molecule has 5 heteroatoms. The van der Waals surface area contributed by atoms with E-state index in [-0.39, 0.29) is 17.8 Å². The average Bonchev–Trinajstić information content (AvgIpc) is 2.33. The fourth-order valence-electron chi connectivity index (χ4n) is 2.73. The summed E-state index contributed by atoms with van der Waals surface area (Å²) in [5, 5.41) is 10.0. The molecule has 0 aliphatic heterocycles. The first-order valence-corrected chi connectivity index (χ1v) is 7.43. The highest BCUT2D eigenvalue weighted by atomic mass is 16.5. The summed E-state index contributed by atoms with van der Waals surface area (Å²) in [6.45, 7) is 11.1. The van der Waals surface area contributed by atoms with Gasteiger partial charge in [-0.2, -0.15) is 0 Å². The molecule has 0 saturated carbocycles. The topological polar surface area (TPSA) is 77.5 Å². The molecule has 0 aromatic carbocycles. The van der Waals surface area contributed by atoms with Crippen LogP contribution < -0.4 is 16.0 Å². The van der Waals surface area contributed by atoms with Gasteiger partial charge in [0.2, 0.25) is 0 Å². The molecule has 120 valence electrons. The van der Waals surface area contributed by atoms with E-state index in [0.29, 0.717) is 29.3 Å². The summed E-state index contributed by atoms with van der Waals surface area (Å²) in [6.07, 6.45) is 1.67. The normalized spacial score (nSPS) is 13.2. The van der Waals surface area contributed by atoms with E-state index < -0.39 is 5.56 Å². The zero-order chi connectivity index (χ0) is 16.2. The number of rotatable bonds is 6. The van der Waals surface area contributed by atoms with E-state index in [1.54, 1.807) is 0 Å². The van der Waals surface area contributed by atoms with Crippen LogP contribution in [0.15, 0.2) is 10.9 Å². The molecular weight excluding hydrogens is 268 g/mol. The van der Waals surface area contributed by atoms with E-state index in [0.717, 1.165) is 12.0 Å². The third-order valence-corrected chi connectivity index (χ3v) is 3.28. The first-order valence-electron chi connectivity index (χ1n) is 7.43. The van der Waals surface area contributed by atoms with Crippen molar-refractivity contribution in [1.82, 2.24) is 4.73 Å². The van der Waals surface area contributed by atoms with Gasteiger partial charge in [-0.3, -0.25) is 4.79 Å². The minimum atomic E-state index is -0.513. The first kappa shape index (κ1) is 17.6. The summed E-state index contributed by atoms with van der Waals surface area (Å²) >= 11 is 0. The van der Waals surface area contributed by atoms with Gasteiger partial charge in [0, 0.05) is 6.54 Å². The van der Waals surface area contributed by atoms with E-state index in [2.05, 4.69) is 27.7 Å². The van der Waals surface area contributed by atoms with Gasteiger partial charge in [-0.05, 0) is 42.7 Å². The zero-order valence-corrected chi connectivity index (χ0v) is 13.8. The summed E-state index contributed by atoms with van der Waals surface area (Å²) in [7, 11) is 0. The molecule has 0 spiro atoms. The Morgan fingerprint density at radius 3 is 2.57 bits per heavy atom. The Hall–Kier alpha value is -1.49. The number of hydrogen-bond acceptors (Lipinski definition) is 4. The van der Waals surface area contributed by atoms with Crippen molar-refractivity contribution in [2.75, 3.05) is 13.2 Å². The van der Waals surface area contributed by atoms with Crippen molar-refractivity contribution in [3.63, 3.8) is 0 Å². The molecular formula is C16H28N2O3. The van der Waals surface area contributed by atoms with Gasteiger partial charge >= 0.3 is 5.56 Å². The van der Waals surface area contributed by atoms with Crippen molar-refractivity contribution in [3.8, 4) is 5.75 Å². The van der Waals surface area contributed by atoms with Crippen LogP contribution in [0.1, 0.15) is 45.4 Å². The Kier molecular flexibility index (Phi) is 5.84. The molecule has 1 aromatic rings. The quantitative estimate of drug-likeness (QED) is 0.790. The second-order valence-electron chi connectivity index (χ2n) is 6.98. The van der Waals surface area contributed by atoms with Crippen molar-refractivity contribution < 1.29 is 9.94 Å². The molecule has 1 heterocycles. The van der Waals surface area contributed by atoms with Gasteiger partial charge in [0.15, 0.2) is 5.75 Å². The van der Waals surface area contributed by atoms with Crippen molar-refractivity contribution in [1.29, 1.82) is 0 Å². The zero-order valence-electron chi connectivity index (χ0n) is 13.8. The molecule has 0 radical (unpaired) electrons. The highest BCUT2D eigenvalue weighted by molar-refractivity contribution is 5.32. The van der Waals surface area contributed by atoms with Crippen molar-refractivity contribution in [2.45, 2.75) is 47.5 Å². The van der Waals surface area contributed by atoms with Gasteiger partial charge in [-0.1, -0.05) is 27.7 Å². The monoisotopic (exact) mass is 296 g/mol. The third kappa shape index (κ3) is 5.08. The average molecular weight is 296 g/mol. The Bertz CT molecular complexity index is 530. The smallest absolute Gasteiger partial charge is 0.325 e. The molecule has 0 aliphatic rings. The van der Waals surface area contributed by atoms with Gasteiger partial charge in [0.1, 0.15) is 6.61 Å². The van der Waals surface area contributed by atoms with Crippen LogP contribution in [-0.2, 0) is 6.42 Å². The van der Waals surface area contributed by atoms with Crippen molar-refractivity contribution >= 4 is 0 Å². The summed E-state index contributed by atoms with van der Waals surface area (Å²) in [4.78, 5) is 12.1. The minimum Gasteiger partial charge on any atom is -0.486 e. The van der Waals surface area contributed by atoms with E-state index >= 15 is 0 Å². The van der Waals surface area contributed by atoms with E-state index in [1.165, 1.54) is 0 Å². The molecule has 0 aliphatic carbocycles. The molecule has 21 heavy (non-hydrogen) atoms. The Labute approximate surface area is 126 Å². The van der Waals surface area contributed by atoms with E-state index in [1.807, 2.05) is 13.0 Å². The van der Waals surface area contributed by atoms with Crippen LogP contribution in [0.2, 0.25) is 0 Å². The number of aryl methyl sites for hydroxylation is 1. The Balaban J connectivity index is 2.98. The number of ether oxygens (including phenoxy) is 1. The van der Waals surface area contributed by atoms with Crippen molar-refractivity contribution in [2.24, 2.45) is 17.1 Å². The Morgan fingerprint density at radius 2 is 2.05 bits per heavy atom. The molecule has 3 N–H and O–H groups in total. The molecule has 1 aromatic heterocycles. The van der Waals surface area contributed by atoms with Crippen LogP contribution in [-0.4, -0.2) is 23.1 Å². The van der Waals surface area contributed by atoms with Crippen molar-refractivity contribution in [3.05, 3.63) is 27.7 Å². The fourth-order valence-corrected chi connectivity index (χ4v) is 2.73. The van der Waals surface area contributed by atoms with Crippen LogP contribution in [0.3, 0.4) is 0 Å². The molecule has 0 amide bonds. The lowest BCUT2D eigenvalue weighted by Crippen LogP contribution is -2.27. The lowest BCUT2D eigenvalue weighted by atomic mass is 9.83. The molecule has 1 atom stereocenters. The number of aromatic nitrogens is 1. The van der Waals surface area contributed by atoms with Gasteiger partial charge in [0.05, 0.1) is 5.69 Å². The summed E-state index contributed by atoms with van der Waals surface area (Å²) in [6, 6.07) is 1.81. The number of nitrogens with zero attached hydrogens (tertiary/aromatic N) is 1. The van der Waals surface area contributed by atoms with Gasteiger partial charge in [-0.25, -0.2) is 0 Å². The van der Waals surface area contributed by atoms with Crippen LogP contribution in [0, 0.1) is 18.3 Å². The van der Waals surface area contributed by atoms with Gasteiger partial charge in [0.25, 0.3) is 0 Å². The second-order valence-corrected chi connectivity index (χ2v) is 6.98. The largest absolute Gasteiger partial charge is 0.486 e. The van der Waals surface area contributed by atoms with Crippen LogP contribution in [0.4, 0.5) is 0 Å². The minimum absolute atomic E-state index is 0.176.